The SMILES string of the molecule is CCCCCC(=O)CCC(=O)N[C@H]1CSSC[C@@H]2NC(=O)[C@H](CCCNC(=N)N)CC(=O)[C@@H]3CCCN3C(=O)[C@H](CC(=O)O)CC(=O)[C@H]([C@@H](C)O)NC(=O)[C@@H](CC1=O)Cc1cn(nn1)CCC[C@@H](C(=O)C[C@@H](Cc1ccc(O)cc1)C(=O)N[C@H](Cc1ccc(O)cc1)C(=O)O)NC(=O)[C@H](CCC(N)=O)CC(=O)[C@H](Cc1c[nH]c3ccccc13)NC(=O)[C@H](CCCNC(N)=O)CC2=O. The molecule has 132 heavy (non-hydrogen) atoms. The van der Waals surface area contributed by atoms with Gasteiger partial charge in [0.2, 0.25) is 47.3 Å². The van der Waals surface area contributed by atoms with Crippen LogP contribution in [0.1, 0.15) is 184 Å². The minimum Gasteiger partial charge on any atom is -0.508 e. The molecule has 8 rings (SSSR count). The van der Waals surface area contributed by atoms with Crippen molar-refractivity contribution in [2.75, 3.05) is 31.1 Å². The lowest BCUT2D eigenvalue weighted by atomic mass is 9.88. The summed E-state index contributed by atoms with van der Waals surface area (Å²) in [6.07, 6.45) is -5.99. The van der Waals surface area contributed by atoms with Crippen LogP contribution in [0.2, 0.25) is 0 Å². The Morgan fingerprint density at radius 2 is 1.25 bits per heavy atom. The van der Waals surface area contributed by atoms with Crippen LogP contribution in [0.25, 0.3) is 10.9 Å². The number of aliphatic carboxylic acids is 2. The molecule has 10 amide bonds. The maximum Gasteiger partial charge on any atom is 0.326 e. The molecule has 14 atom stereocenters. The summed E-state index contributed by atoms with van der Waals surface area (Å²) in [6, 6.07) is 5.74. The van der Waals surface area contributed by atoms with Gasteiger partial charge < -0.3 is 95.2 Å². The van der Waals surface area contributed by atoms with Crippen molar-refractivity contribution < 1.29 is 112 Å². The molecule has 4 bridgehead atoms. The van der Waals surface area contributed by atoms with Gasteiger partial charge in [0.15, 0.2) is 40.7 Å². The number of benzene rings is 3. The summed E-state index contributed by atoms with van der Waals surface area (Å²) in [7, 11) is 1.80. The van der Waals surface area contributed by atoms with E-state index in [2.05, 4.69) is 57.8 Å². The van der Waals surface area contributed by atoms with Crippen LogP contribution in [0.4, 0.5) is 4.79 Å². The number of amides is 10. The molecule has 716 valence electrons. The number of ketones is 7. The third-order valence-corrected chi connectivity index (χ3v) is 26.1. The van der Waals surface area contributed by atoms with Crippen molar-refractivity contribution in [3.05, 3.63) is 108 Å². The fourth-order valence-electron chi connectivity index (χ4n) is 16.4. The van der Waals surface area contributed by atoms with E-state index in [9.17, 15) is 73.5 Å². The Morgan fingerprint density at radius 1 is 0.629 bits per heavy atom. The average Bonchev–Trinajstić information content (AvgIpc) is 1.66. The highest BCUT2D eigenvalue weighted by molar-refractivity contribution is 8.76. The molecule has 3 aliphatic heterocycles. The number of nitrogens with one attached hydrogen (secondary N) is 10. The third kappa shape index (κ3) is 34.0. The normalized spacial score (nSPS) is 22.5. The number of aliphatic hydroxyl groups excluding tert-OH is 1. The number of aryl methyl sites for hydroxylation is 1. The van der Waals surface area contributed by atoms with E-state index < -0.39 is 266 Å². The number of carbonyl (C=O) groups is 18. The number of phenolic OH excluding ortho intramolecular Hbond substituents is 2. The molecule has 42 heteroatoms. The summed E-state index contributed by atoms with van der Waals surface area (Å²) in [5, 5.41) is 90.9. The molecule has 0 spiro atoms. The molecule has 0 unspecified atom stereocenters. The Labute approximate surface area is 769 Å². The number of phenols is 2. The molecule has 0 aliphatic carbocycles. The zero-order valence-electron chi connectivity index (χ0n) is 73.9. The number of nitrogens with zero attached hydrogens (tertiary/aromatic N) is 4. The van der Waals surface area contributed by atoms with Crippen molar-refractivity contribution in [1.82, 2.24) is 67.4 Å². The number of hydrogen-bond acceptors (Lipinski definition) is 26. The van der Waals surface area contributed by atoms with Gasteiger partial charge in [-0.1, -0.05) is 89.0 Å². The molecule has 40 nitrogen and oxygen atoms in total. The minimum absolute atomic E-state index is 0.00546. The molecular formula is C90H121N17O23S2. The minimum atomic E-state index is -1.93. The topological polar surface area (TPSA) is 656 Å². The number of aromatic hydroxyl groups is 2. The van der Waals surface area contributed by atoms with Crippen LogP contribution in [0.15, 0.2) is 85.2 Å². The molecule has 5 aromatic rings. The van der Waals surface area contributed by atoms with Crippen LogP contribution >= 0.6 is 21.6 Å². The number of rotatable bonds is 34. The number of guanidine groups is 1. The van der Waals surface area contributed by atoms with Gasteiger partial charge in [0, 0.05) is 168 Å². The first-order chi connectivity index (χ1) is 62.9. The van der Waals surface area contributed by atoms with Crippen LogP contribution in [0.5, 0.6) is 11.5 Å². The number of Topliss-reactive ketones (excluding diaryl/α,β-unsaturated/α-hetero) is 7. The quantitative estimate of drug-likeness (QED) is 0.0122. The van der Waals surface area contributed by atoms with Gasteiger partial charge in [0.1, 0.15) is 29.4 Å². The lowest BCUT2D eigenvalue weighted by molar-refractivity contribution is -0.148. The number of carboxylic acid groups (broad SMARTS) is 2. The van der Waals surface area contributed by atoms with Gasteiger partial charge in [-0.05, 0) is 125 Å². The van der Waals surface area contributed by atoms with Crippen LogP contribution in [0.3, 0.4) is 0 Å². The Kier molecular flexibility index (Phi) is 41.8. The molecule has 5 heterocycles. The highest BCUT2D eigenvalue weighted by Crippen LogP contribution is 2.32. The Hall–Kier alpha value is -12.5. The molecule has 0 radical (unpaired) electrons. The highest BCUT2D eigenvalue weighted by Gasteiger charge is 2.44. The molecule has 21 N–H and O–H groups in total. The number of fused-ring (bicyclic) bond motifs is 12. The first kappa shape index (κ1) is 105. The van der Waals surface area contributed by atoms with E-state index in [0.717, 1.165) is 46.3 Å². The van der Waals surface area contributed by atoms with Gasteiger partial charge in [-0.3, -0.25) is 86.8 Å². The number of aromatic nitrogens is 4. The fourth-order valence-corrected chi connectivity index (χ4v) is 18.8. The predicted molar refractivity (Wildman–Crippen MR) is 483 cm³/mol. The molecular weight excluding hydrogens is 1750 g/mol. The van der Waals surface area contributed by atoms with Crippen molar-refractivity contribution in [2.45, 2.75) is 242 Å². The van der Waals surface area contributed by atoms with Crippen LogP contribution in [-0.2, 0) is 114 Å². The number of aliphatic hydroxyl groups is 1. The molecule has 2 saturated heterocycles. The molecule has 0 saturated carbocycles. The summed E-state index contributed by atoms with van der Waals surface area (Å²) in [6.45, 7) is 2.57. The maximum absolute atomic E-state index is 15.7. The number of carbonyl (C=O) groups excluding carboxylic acids is 16. The van der Waals surface area contributed by atoms with E-state index in [-0.39, 0.29) is 138 Å². The lowest BCUT2D eigenvalue weighted by Crippen LogP contribution is -2.52. The number of nitrogens with two attached hydrogens (primary N) is 3. The van der Waals surface area contributed by atoms with Crippen LogP contribution in [0, 0.1) is 40.9 Å². The highest BCUT2D eigenvalue weighted by atomic mass is 33.1. The number of aromatic amines is 1. The fraction of sp³-hybridized carbons (Fsp3) is 0.544. The van der Waals surface area contributed by atoms with E-state index >= 15 is 38.4 Å². The van der Waals surface area contributed by atoms with Crippen LogP contribution in [-0.4, -0.2) is 242 Å². The summed E-state index contributed by atoms with van der Waals surface area (Å²) in [4.78, 5) is 266. The van der Waals surface area contributed by atoms with Crippen molar-refractivity contribution in [3.8, 4) is 11.5 Å². The third-order valence-electron chi connectivity index (χ3n) is 23.7. The zero-order valence-corrected chi connectivity index (χ0v) is 75.6. The monoisotopic (exact) mass is 1870 g/mol. The summed E-state index contributed by atoms with van der Waals surface area (Å²) >= 11 is 0. The average molecular weight is 1870 g/mol. The van der Waals surface area contributed by atoms with Gasteiger partial charge in [0.25, 0.3) is 0 Å². The van der Waals surface area contributed by atoms with Gasteiger partial charge >= 0.3 is 18.0 Å². The van der Waals surface area contributed by atoms with E-state index in [4.69, 9.17) is 22.6 Å². The largest absolute Gasteiger partial charge is 0.508 e. The lowest BCUT2D eigenvalue weighted by Gasteiger charge is -2.30. The number of carboxylic acids is 2. The van der Waals surface area contributed by atoms with Gasteiger partial charge in [-0.15, -0.1) is 5.10 Å². The second kappa shape index (κ2) is 52.5. The number of hydrogen-bond donors (Lipinski definition) is 18. The van der Waals surface area contributed by atoms with Crippen LogP contribution < -0.4 is 59.7 Å². The first-order valence-corrected chi connectivity index (χ1v) is 47.0. The van der Waals surface area contributed by atoms with E-state index in [1.165, 1.54) is 59.4 Å². The van der Waals surface area contributed by atoms with E-state index in [0.29, 0.717) is 34.0 Å². The number of urea groups is 1. The molecule has 2 aromatic heterocycles. The van der Waals surface area contributed by atoms with E-state index in [1.54, 1.807) is 30.5 Å². The van der Waals surface area contributed by atoms with Crippen molar-refractivity contribution >= 4 is 144 Å². The Morgan fingerprint density at radius 3 is 1.90 bits per heavy atom. The molecule has 2 fully saturated rings. The number of unbranched alkanes of at least 4 members (excludes halogenated alkanes) is 2. The number of H-pyrrole nitrogens is 1. The molecule has 3 aromatic carbocycles. The Bertz CT molecular complexity index is 4930. The number of primary amides is 2. The van der Waals surface area contributed by atoms with Crippen molar-refractivity contribution in [3.63, 3.8) is 0 Å². The zero-order chi connectivity index (χ0) is 96.3. The van der Waals surface area contributed by atoms with Gasteiger partial charge in [-0.25, -0.2) is 9.59 Å². The molecule has 3 aliphatic rings. The first-order valence-electron chi connectivity index (χ1n) is 44.5. The van der Waals surface area contributed by atoms with Crippen molar-refractivity contribution in [2.24, 2.45) is 52.7 Å². The summed E-state index contributed by atoms with van der Waals surface area (Å²) in [5.41, 5.74) is 18.7. The standard InChI is InChI=1S/C90H121N17O23S2/c1-3-4-5-14-61(109)28-30-79(119)98-69-48-131-132-49-70-74(114)39-53(13-9-32-96-90(94)130)82(122)100-67(38-59-46-97-65-16-7-6-15-64(59)65)73(113)40-55(23-29-78(91)118)84(124)99-66(72(112)42-56(35-51-19-24-62(110)25-20-51)85(125)101-68(88(128)129)36-52-21-26-63(111)27-22-52)17-10-33-106-47-60(104-105-106)37-57(43-75(69)115)86(126)103-81(50(2)108)77(117)44-58(45-80(120)121)87(127)107-34-11-18-71(107)76(116)41-54(83(123)102-70)12-8-31-95-89(92)93/h6-7,15-16,19-22,24-27,46-47,50,53-58,66-71,81,97,108,110-111H,3-5,8-14,17-18,23,28-45,48-49H2,1-2H3,(H2,91,118)(H,98,119)(H,99,124)(H,100,122)(H,101,125)(H,102,123)(H,103,126)(H,120,121)(H,128,129)(H4,92,93,95)(H3,94,96,130)/t50-,53-,54-,55-,56-,57-,58+,66+,67+,68-,69+,70+,71+,81+/m1/s1. The number of para-hydroxylation sites is 1. The second-order valence-electron chi connectivity index (χ2n) is 34.0. The Balaban J connectivity index is 1.30. The summed E-state index contributed by atoms with van der Waals surface area (Å²) < 4.78 is 1.26. The smallest absolute Gasteiger partial charge is 0.326 e. The van der Waals surface area contributed by atoms with Gasteiger partial charge in [-0.2, -0.15) is 0 Å². The maximum atomic E-state index is 15.7. The van der Waals surface area contributed by atoms with E-state index in [1.807, 2.05) is 6.92 Å². The second-order valence-corrected chi connectivity index (χ2v) is 36.6. The predicted octanol–water partition coefficient (Wildman–Crippen LogP) is 2.83. The van der Waals surface area contributed by atoms with Gasteiger partial charge in [0.05, 0.1) is 60.3 Å². The summed E-state index contributed by atoms with van der Waals surface area (Å²) in [5.74, 6) is -26.7. The van der Waals surface area contributed by atoms with Crippen molar-refractivity contribution in [1.29, 1.82) is 5.41 Å².